The summed E-state index contributed by atoms with van der Waals surface area (Å²) in [7, 11) is 0. The quantitative estimate of drug-likeness (QED) is 0.620. The van der Waals surface area contributed by atoms with Crippen molar-refractivity contribution in [2.75, 3.05) is 19.8 Å². The van der Waals surface area contributed by atoms with Crippen molar-refractivity contribution in [2.45, 2.75) is 18.8 Å². The Hall–Kier alpha value is -1.94. The van der Waals surface area contributed by atoms with E-state index in [2.05, 4.69) is 17.1 Å². The topological polar surface area (TPSA) is 40.6 Å². The SMILES string of the molecule is O=C1CC(c2ccccc2)C(=O)N1CN1CC=CCC1. The molecule has 0 spiro atoms. The Morgan fingerprint density at radius 3 is 2.60 bits per heavy atom. The molecule has 1 aromatic rings. The number of likely N-dealkylation sites (tertiary alicyclic amines) is 1. The fourth-order valence-corrected chi connectivity index (χ4v) is 2.80. The Labute approximate surface area is 118 Å². The van der Waals surface area contributed by atoms with Crippen molar-refractivity contribution in [3.8, 4) is 0 Å². The van der Waals surface area contributed by atoms with Gasteiger partial charge in [0.05, 0.1) is 12.6 Å². The Kier molecular flexibility index (Phi) is 3.65. The van der Waals surface area contributed by atoms with Gasteiger partial charge in [0, 0.05) is 19.5 Å². The Bertz CT molecular complexity index is 539. The van der Waals surface area contributed by atoms with Gasteiger partial charge in [-0.1, -0.05) is 42.5 Å². The van der Waals surface area contributed by atoms with Crippen LogP contribution in [0.4, 0.5) is 0 Å². The molecular formula is C16H18N2O2. The number of nitrogens with zero attached hydrogens (tertiary/aromatic N) is 2. The predicted octanol–water partition coefficient (Wildman–Crippen LogP) is 1.75. The van der Waals surface area contributed by atoms with Gasteiger partial charge in [-0.3, -0.25) is 19.4 Å². The molecule has 2 aliphatic heterocycles. The van der Waals surface area contributed by atoms with Gasteiger partial charge in [-0.2, -0.15) is 0 Å². The number of amides is 2. The molecule has 0 radical (unpaired) electrons. The lowest BCUT2D eigenvalue weighted by atomic mass is 9.98. The maximum absolute atomic E-state index is 12.5. The van der Waals surface area contributed by atoms with Crippen molar-refractivity contribution in [2.24, 2.45) is 0 Å². The van der Waals surface area contributed by atoms with E-state index in [9.17, 15) is 9.59 Å². The van der Waals surface area contributed by atoms with Gasteiger partial charge < -0.3 is 0 Å². The second kappa shape index (κ2) is 5.59. The highest BCUT2D eigenvalue weighted by Crippen LogP contribution is 2.29. The second-order valence-electron chi connectivity index (χ2n) is 5.31. The van der Waals surface area contributed by atoms with E-state index < -0.39 is 0 Å². The molecule has 0 bridgehead atoms. The summed E-state index contributed by atoms with van der Waals surface area (Å²) in [6, 6.07) is 9.57. The van der Waals surface area contributed by atoms with Gasteiger partial charge in [0.1, 0.15) is 0 Å². The molecule has 0 N–H and O–H groups in total. The van der Waals surface area contributed by atoms with E-state index >= 15 is 0 Å². The van der Waals surface area contributed by atoms with E-state index in [0.717, 1.165) is 25.1 Å². The summed E-state index contributed by atoms with van der Waals surface area (Å²) in [5.74, 6) is -0.418. The number of imide groups is 1. The molecule has 0 aromatic heterocycles. The van der Waals surface area contributed by atoms with E-state index in [1.807, 2.05) is 30.3 Å². The van der Waals surface area contributed by atoms with Gasteiger partial charge >= 0.3 is 0 Å². The number of rotatable bonds is 3. The summed E-state index contributed by atoms with van der Waals surface area (Å²) < 4.78 is 0. The molecule has 1 atom stereocenters. The van der Waals surface area contributed by atoms with Crippen LogP contribution in [0.2, 0.25) is 0 Å². The minimum Gasteiger partial charge on any atom is -0.282 e. The predicted molar refractivity (Wildman–Crippen MR) is 75.9 cm³/mol. The van der Waals surface area contributed by atoms with Crippen molar-refractivity contribution in [3.63, 3.8) is 0 Å². The zero-order chi connectivity index (χ0) is 13.9. The highest BCUT2D eigenvalue weighted by atomic mass is 16.2. The van der Waals surface area contributed by atoms with Crippen LogP contribution in [0.1, 0.15) is 24.3 Å². The molecule has 0 saturated carbocycles. The third-order valence-corrected chi connectivity index (χ3v) is 3.93. The highest BCUT2D eigenvalue weighted by Gasteiger charge is 2.39. The summed E-state index contributed by atoms with van der Waals surface area (Å²) in [5.41, 5.74) is 0.937. The van der Waals surface area contributed by atoms with E-state index in [1.165, 1.54) is 4.90 Å². The third kappa shape index (κ3) is 2.51. The van der Waals surface area contributed by atoms with Gasteiger partial charge in [-0.25, -0.2) is 0 Å². The molecule has 1 fully saturated rings. The maximum Gasteiger partial charge on any atom is 0.238 e. The van der Waals surface area contributed by atoms with E-state index in [0.29, 0.717) is 13.1 Å². The Balaban J connectivity index is 1.72. The van der Waals surface area contributed by atoms with Gasteiger partial charge in [0.25, 0.3) is 0 Å². The maximum atomic E-state index is 12.5. The number of carbonyl (C=O) groups excluding carboxylic acids is 2. The van der Waals surface area contributed by atoms with Crippen LogP contribution in [-0.4, -0.2) is 41.4 Å². The number of hydrogen-bond donors (Lipinski definition) is 0. The van der Waals surface area contributed by atoms with Crippen LogP contribution in [-0.2, 0) is 9.59 Å². The van der Waals surface area contributed by atoms with Crippen LogP contribution in [0.25, 0.3) is 0 Å². The summed E-state index contributed by atoms with van der Waals surface area (Å²) in [6.07, 6.45) is 5.50. The molecule has 1 saturated heterocycles. The molecule has 1 unspecified atom stereocenters. The normalized spacial score (nSPS) is 23.6. The Morgan fingerprint density at radius 2 is 1.90 bits per heavy atom. The van der Waals surface area contributed by atoms with Crippen molar-refractivity contribution in [1.82, 2.24) is 9.80 Å². The molecular weight excluding hydrogens is 252 g/mol. The average molecular weight is 270 g/mol. The fourth-order valence-electron chi connectivity index (χ4n) is 2.80. The molecule has 4 heteroatoms. The van der Waals surface area contributed by atoms with Crippen molar-refractivity contribution in [1.29, 1.82) is 0 Å². The van der Waals surface area contributed by atoms with Gasteiger partial charge in [-0.05, 0) is 12.0 Å². The minimum absolute atomic E-state index is 0.0570. The van der Waals surface area contributed by atoms with Crippen LogP contribution in [0.15, 0.2) is 42.5 Å². The zero-order valence-corrected chi connectivity index (χ0v) is 11.4. The second-order valence-corrected chi connectivity index (χ2v) is 5.31. The molecule has 1 aromatic carbocycles. The molecule has 104 valence electrons. The Morgan fingerprint density at radius 1 is 1.10 bits per heavy atom. The lowest BCUT2D eigenvalue weighted by Crippen LogP contribution is -2.42. The fraction of sp³-hybridized carbons (Fsp3) is 0.375. The molecule has 20 heavy (non-hydrogen) atoms. The van der Waals surface area contributed by atoms with Crippen LogP contribution in [0.3, 0.4) is 0 Å². The number of hydrogen-bond acceptors (Lipinski definition) is 3. The minimum atomic E-state index is -0.302. The highest BCUT2D eigenvalue weighted by molar-refractivity contribution is 6.06. The zero-order valence-electron chi connectivity index (χ0n) is 11.4. The lowest BCUT2D eigenvalue weighted by Gasteiger charge is -2.27. The summed E-state index contributed by atoms with van der Waals surface area (Å²) in [6.45, 7) is 2.14. The molecule has 4 nitrogen and oxygen atoms in total. The van der Waals surface area contributed by atoms with Crippen molar-refractivity contribution in [3.05, 3.63) is 48.0 Å². The molecule has 2 heterocycles. The van der Waals surface area contributed by atoms with Crippen molar-refractivity contribution >= 4 is 11.8 Å². The van der Waals surface area contributed by atoms with Gasteiger partial charge in [0.15, 0.2) is 0 Å². The first-order chi connectivity index (χ1) is 9.75. The first-order valence-corrected chi connectivity index (χ1v) is 7.02. The molecule has 3 rings (SSSR count). The number of carbonyl (C=O) groups is 2. The average Bonchev–Trinajstić information content (AvgIpc) is 2.77. The van der Waals surface area contributed by atoms with E-state index in [4.69, 9.17) is 0 Å². The van der Waals surface area contributed by atoms with Gasteiger partial charge in [-0.15, -0.1) is 0 Å². The molecule has 2 amide bonds. The summed E-state index contributed by atoms with van der Waals surface area (Å²) in [4.78, 5) is 28.1. The van der Waals surface area contributed by atoms with E-state index in [1.54, 1.807) is 0 Å². The van der Waals surface area contributed by atoms with E-state index in [-0.39, 0.29) is 17.7 Å². The largest absolute Gasteiger partial charge is 0.282 e. The van der Waals surface area contributed by atoms with Gasteiger partial charge in [0.2, 0.25) is 11.8 Å². The molecule has 0 aliphatic carbocycles. The first-order valence-electron chi connectivity index (χ1n) is 7.02. The van der Waals surface area contributed by atoms with Crippen LogP contribution >= 0.6 is 0 Å². The summed E-state index contributed by atoms with van der Waals surface area (Å²) in [5, 5.41) is 0. The lowest BCUT2D eigenvalue weighted by molar-refractivity contribution is -0.141. The third-order valence-electron chi connectivity index (χ3n) is 3.93. The molecule has 2 aliphatic rings. The standard InChI is InChI=1S/C16H18N2O2/c19-15-11-14(13-7-3-1-4-8-13)16(20)18(15)12-17-9-5-2-6-10-17/h1-5,7-8,14H,6,9-12H2. The monoisotopic (exact) mass is 270 g/mol. The summed E-state index contributed by atoms with van der Waals surface area (Å²) >= 11 is 0. The van der Waals surface area contributed by atoms with Crippen LogP contribution in [0, 0.1) is 0 Å². The van der Waals surface area contributed by atoms with Crippen molar-refractivity contribution < 1.29 is 9.59 Å². The number of benzene rings is 1. The smallest absolute Gasteiger partial charge is 0.238 e. The van der Waals surface area contributed by atoms with Crippen LogP contribution in [0.5, 0.6) is 0 Å². The first kappa shape index (κ1) is 13.1. The van der Waals surface area contributed by atoms with Crippen LogP contribution < -0.4 is 0 Å².